The lowest BCUT2D eigenvalue weighted by molar-refractivity contribution is 0.0377. The summed E-state index contributed by atoms with van der Waals surface area (Å²) < 4.78 is 5.34. The number of hydrogen-bond acceptors (Lipinski definition) is 3. The van der Waals surface area contributed by atoms with Crippen molar-refractivity contribution in [1.82, 2.24) is 10.2 Å². The van der Waals surface area contributed by atoms with Crippen molar-refractivity contribution >= 4 is 5.96 Å². The monoisotopic (exact) mass is 298 g/mol. The number of rotatable bonds is 9. The summed E-state index contributed by atoms with van der Waals surface area (Å²) in [6.07, 6.45) is 4.74. The summed E-state index contributed by atoms with van der Waals surface area (Å²) in [6.45, 7) is 12.4. The second-order valence-electron chi connectivity index (χ2n) is 6.44. The molecule has 1 fully saturated rings. The van der Waals surface area contributed by atoms with Crippen LogP contribution in [0.2, 0.25) is 0 Å². The van der Waals surface area contributed by atoms with Gasteiger partial charge in [0, 0.05) is 32.2 Å². The summed E-state index contributed by atoms with van der Waals surface area (Å²) in [6, 6.07) is 0.409. The molecular weight excluding hydrogens is 264 g/mol. The number of aliphatic imine (C=N–C) groups is 1. The number of ether oxygens (including phenoxy) is 1. The molecule has 0 amide bonds. The van der Waals surface area contributed by atoms with Crippen LogP contribution in [0.3, 0.4) is 0 Å². The van der Waals surface area contributed by atoms with Gasteiger partial charge in [-0.15, -0.1) is 0 Å². The maximum Gasteiger partial charge on any atom is 0.188 e. The molecule has 3 N–H and O–H groups in total. The fourth-order valence-electron chi connectivity index (χ4n) is 2.52. The van der Waals surface area contributed by atoms with Crippen LogP contribution in [-0.2, 0) is 4.74 Å². The highest BCUT2D eigenvalue weighted by Crippen LogP contribution is 2.08. The summed E-state index contributed by atoms with van der Waals surface area (Å²) in [5.74, 6) is 1.37. The van der Waals surface area contributed by atoms with Crippen LogP contribution in [0.1, 0.15) is 46.5 Å². The molecular formula is C16H34N4O. The largest absolute Gasteiger partial charge is 0.379 e. The van der Waals surface area contributed by atoms with Gasteiger partial charge in [-0.05, 0) is 25.7 Å². The van der Waals surface area contributed by atoms with Gasteiger partial charge in [0.15, 0.2) is 5.96 Å². The average Bonchev–Trinajstić information content (AvgIpc) is 2.44. The van der Waals surface area contributed by atoms with E-state index in [9.17, 15) is 0 Å². The molecule has 1 atom stereocenters. The Balaban J connectivity index is 2.05. The molecule has 0 saturated carbocycles. The minimum atomic E-state index is 0.409. The normalized spacial score (nSPS) is 19.0. The third-order valence-electron chi connectivity index (χ3n) is 3.83. The lowest BCUT2D eigenvalue weighted by Gasteiger charge is -2.26. The fraction of sp³-hybridized carbons (Fsp3) is 0.938. The van der Waals surface area contributed by atoms with Crippen molar-refractivity contribution < 1.29 is 4.74 Å². The summed E-state index contributed by atoms with van der Waals surface area (Å²) in [5, 5.41) is 3.29. The van der Waals surface area contributed by atoms with Crippen LogP contribution < -0.4 is 11.1 Å². The average molecular weight is 298 g/mol. The quantitative estimate of drug-likeness (QED) is 0.387. The molecule has 21 heavy (non-hydrogen) atoms. The van der Waals surface area contributed by atoms with Crippen molar-refractivity contribution in [2.24, 2.45) is 16.6 Å². The van der Waals surface area contributed by atoms with E-state index < -0.39 is 0 Å². The van der Waals surface area contributed by atoms with Crippen LogP contribution >= 0.6 is 0 Å². The SMILES string of the molecule is CC(C)CCCC(C)NC(N)=NCCCN1CCOCC1. The van der Waals surface area contributed by atoms with Crippen molar-refractivity contribution in [3.63, 3.8) is 0 Å². The topological polar surface area (TPSA) is 62.9 Å². The van der Waals surface area contributed by atoms with E-state index in [2.05, 4.69) is 36.0 Å². The van der Waals surface area contributed by atoms with E-state index in [-0.39, 0.29) is 0 Å². The highest BCUT2D eigenvalue weighted by Gasteiger charge is 2.09. The first-order valence-corrected chi connectivity index (χ1v) is 8.44. The Morgan fingerprint density at radius 3 is 2.57 bits per heavy atom. The van der Waals surface area contributed by atoms with Gasteiger partial charge in [-0.1, -0.05) is 26.7 Å². The molecule has 124 valence electrons. The molecule has 1 heterocycles. The first-order chi connectivity index (χ1) is 10.1. The molecule has 1 saturated heterocycles. The smallest absolute Gasteiger partial charge is 0.188 e. The highest BCUT2D eigenvalue weighted by molar-refractivity contribution is 5.78. The predicted molar refractivity (Wildman–Crippen MR) is 89.7 cm³/mol. The van der Waals surface area contributed by atoms with Crippen molar-refractivity contribution in [1.29, 1.82) is 0 Å². The molecule has 5 heteroatoms. The Hall–Kier alpha value is -0.810. The standard InChI is InChI=1S/C16H34N4O/c1-14(2)6-4-7-15(3)19-16(17)18-8-5-9-20-10-12-21-13-11-20/h14-15H,4-13H2,1-3H3,(H3,17,18,19). The lowest BCUT2D eigenvalue weighted by atomic mass is 10.0. The molecule has 0 aromatic heterocycles. The summed E-state index contributed by atoms with van der Waals surface area (Å²) in [7, 11) is 0. The number of hydrogen-bond donors (Lipinski definition) is 2. The molecule has 1 aliphatic heterocycles. The summed E-state index contributed by atoms with van der Waals surface area (Å²) in [5.41, 5.74) is 5.93. The molecule has 1 rings (SSSR count). The Morgan fingerprint density at radius 1 is 1.19 bits per heavy atom. The minimum absolute atomic E-state index is 0.409. The Bertz CT molecular complexity index is 288. The number of nitrogens with one attached hydrogen (secondary N) is 1. The summed E-state index contributed by atoms with van der Waals surface area (Å²) in [4.78, 5) is 6.84. The summed E-state index contributed by atoms with van der Waals surface area (Å²) >= 11 is 0. The molecule has 1 unspecified atom stereocenters. The van der Waals surface area contributed by atoms with Crippen LogP contribution in [0.4, 0.5) is 0 Å². The van der Waals surface area contributed by atoms with Gasteiger partial charge < -0.3 is 15.8 Å². The number of nitrogens with two attached hydrogens (primary N) is 1. The van der Waals surface area contributed by atoms with Crippen LogP contribution in [0.25, 0.3) is 0 Å². The first kappa shape index (κ1) is 18.2. The van der Waals surface area contributed by atoms with Gasteiger partial charge in [0.25, 0.3) is 0 Å². The Morgan fingerprint density at radius 2 is 1.90 bits per heavy atom. The van der Waals surface area contributed by atoms with Crippen molar-refractivity contribution in [3.05, 3.63) is 0 Å². The zero-order chi connectivity index (χ0) is 15.5. The lowest BCUT2D eigenvalue weighted by Crippen LogP contribution is -2.39. The van der Waals surface area contributed by atoms with Gasteiger partial charge in [0.1, 0.15) is 0 Å². The molecule has 0 spiro atoms. The molecule has 0 bridgehead atoms. The Labute approximate surface area is 130 Å². The third kappa shape index (κ3) is 9.69. The minimum Gasteiger partial charge on any atom is -0.379 e. The van der Waals surface area contributed by atoms with E-state index in [1.54, 1.807) is 0 Å². The number of guanidine groups is 1. The zero-order valence-electron chi connectivity index (χ0n) is 14.1. The van der Waals surface area contributed by atoms with Crippen LogP contribution in [0.15, 0.2) is 4.99 Å². The number of nitrogens with zero attached hydrogens (tertiary/aromatic N) is 2. The van der Waals surface area contributed by atoms with Crippen LogP contribution in [-0.4, -0.2) is 56.3 Å². The molecule has 0 aromatic carbocycles. The first-order valence-electron chi connectivity index (χ1n) is 8.44. The second-order valence-corrected chi connectivity index (χ2v) is 6.44. The van der Waals surface area contributed by atoms with Crippen molar-refractivity contribution in [2.45, 2.75) is 52.5 Å². The Kier molecular flexibility index (Phi) is 9.42. The molecule has 5 nitrogen and oxygen atoms in total. The fourth-order valence-corrected chi connectivity index (χ4v) is 2.52. The highest BCUT2D eigenvalue weighted by atomic mass is 16.5. The third-order valence-corrected chi connectivity index (χ3v) is 3.83. The van der Waals surface area contributed by atoms with Crippen molar-refractivity contribution in [2.75, 3.05) is 39.4 Å². The van der Waals surface area contributed by atoms with E-state index in [1.807, 2.05) is 0 Å². The molecule has 1 aliphatic rings. The van der Waals surface area contributed by atoms with Crippen LogP contribution in [0.5, 0.6) is 0 Å². The van der Waals surface area contributed by atoms with E-state index in [4.69, 9.17) is 10.5 Å². The molecule has 0 aliphatic carbocycles. The maximum atomic E-state index is 5.93. The van der Waals surface area contributed by atoms with Gasteiger partial charge in [-0.3, -0.25) is 9.89 Å². The predicted octanol–water partition coefficient (Wildman–Crippen LogP) is 1.83. The van der Waals surface area contributed by atoms with Crippen LogP contribution in [0, 0.1) is 5.92 Å². The zero-order valence-corrected chi connectivity index (χ0v) is 14.1. The molecule has 0 radical (unpaired) electrons. The molecule has 0 aromatic rings. The number of morpholine rings is 1. The van der Waals surface area contributed by atoms with Gasteiger partial charge in [-0.25, -0.2) is 0 Å². The van der Waals surface area contributed by atoms with Gasteiger partial charge >= 0.3 is 0 Å². The van der Waals surface area contributed by atoms with Crippen molar-refractivity contribution in [3.8, 4) is 0 Å². The van der Waals surface area contributed by atoms with E-state index in [0.29, 0.717) is 12.0 Å². The van der Waals surface area contributed by atoms with E-state index in [1.165, 1.54) is 12.8 Å². The van der Waals surface area contributed by atoms with Gasteiger partial charge in [0.05, 0.1) is 13.2 Å². The van der Waals surface area contributed by atoms with Gasteiger partial charge in [-0.2, -0.15) is 0 Å². The van der Waals surface area contributed by atoms with E-state index in [0.717, 1.165) is 58.2 Å². The second kappa shape index (κ2) is 10.9. The maximum absolute atomic E-state index is 5.93. The van der Waals surface area contributed by atoms with Gasteiger partial charge in [0.2, 0.25) is 0 Å². The van der Waals surface area contributed by atoms with E-state index >= 15 is 0 Å².